The highest BCUT2D eigenvalue weighted by Gasteiger charge is 2.34. The van der Waals surface area contributed by atoms with Gasteiger partial charge in [0.2, 0.25) is 0 Å². The quantitative estimate of drug-likeness (QED) is 0.343. The summed E-state index contributed by atoms with van der Waals surface area (Å²) in [5, 5.41) is 6.27. The Morgan fingerprint density at radius 2 is 1.55 bits per heavy atom. The lowest BCUT2D eigenvalue weighted by atomic mass is 9.76. The SMILES string of the molecule is CCNCC#CCOC(=O)[C@@H](OCC#CCNCC)C1CCC(c2ccccc2)CC1. The van der Waals surface area contributed by atoms with E-state index in [1.807, 2.05) is 19.9 Å². The molecule has 2 N–H and O–H groups in total. The van der Waals surface area contributed by atoms with Crippen LogP contribution < -0.4 is 10.6 Å². The van der Waals surface area contributed by atoms with Gasteiger partial charge in [0.15, 0.2) is 12.7 Å². The molecule has 0 radical (unpaired) electrons. The topological polar surface area (TPSA) is 59.6 Å². The summed E-state index contributed by atoms with van der Waals surface area (Å²) < 4.78 is 11.3. The zero-order valence-corrected chi connectivity index (χ0v) is 18.9. The fourth-order valence-corrected chi connectivity index (χ4v) is 3.80. The first-order valence-electron chi connectivity index (χ1n) is 11.4. The predicted molar refractivity (Wildman–Crippen MR) is 124 cm³/mol. The lowest BCUT2D eigenvalue weighted by molar-refractivity contribution is -0.159. The summed E-state index contributed by atoms with van der Waals surface area (Å²) in [6.07, 6.45) is 3.40. The summed E-state index contributed by atoms with van der Waals surface area (Å²) in [6.45, 7) is 7.35. The molecule has 1 atom stereocenters. The zero-order valence-electron chi connectivity index (χ0n) is 18.9. The van der Waals surface area contributed by atoms with Gasteiger partial charge in [0, 0.05) is 0 Å². The molecule has 0 spiro atoms. The van der Waals surface area contributed by atoms with Gasteiger partial charge >= 0.3 is 5.97 Å². The van der Waals surface area contributed by atoms with Crippen molar-refractivity contribution in [3.05, 3.63) is 35.9 Å². The molecule has 1 aromatic carbocycles. The molecule has 0 amide bonds. The van der Waals surface area contributed by atoms with E-state index in [1.54, 1.807) is 0 Å². The van der Waals surface area contributed by atoms with E-state index in [1.165, 1.54) is 5.56 Å². The zero-order chi connectivity index (χ0) is 22.2. The summed E-state index contributed by atoms with van der Waals surface area (Å²) >= 11 is 0. The van der Waals surface area contributed by atoms with Crippen LogP contribution in [0, 0.1) is 29.6 Å². The van der Waals surface area contributed by atoms with Gasteiger partial charge < -0.3 is 20.1 Å². The van der Waals surface area contributed by atoms with Crippen molar-refractivity contribution in [3.63, 3.8) is 0 Å². The maximum Gasteiger partial charge on any atom is 0.336 e. The second-order valence-electron chi connectivity index (χ2n) is 7.63. The average molecular weight is 425 g/mol. The Balaban J connectivity index is 1.90. The van der Waals surface area contributed by atoms with Crippen molar-refractivity contribution in [2.75, 3.05) is 39.4 Å². The van der Waals surface area contributed by atoms with Crippen molar-refractivity contribution >= 4 is 5.97 Å². The lowest BCUT2D eigenvalue weighted by Gasteiger charge is -2.32. The number of hydrogen-bond donors (Lipinski definition) is 2. The Morgan fingerprint density at radius 1 is 0.935 bits per heavy atom. The number of esters is 1. The van der Waals surface area contributed by atoms with Crippen LogP contribution in [0.15, 0.2) is 30.3 Å². The van der Waals surface area contributed by atoms with Crippen LogP contribution in [-0.4, -0.2) is 51.5 Å². The van der Waals surface area contributed by atoms with Crippen LogP contribution in [0.3, 0.4) is 0 Å². The minimum atomic E-state index is -0.583. The van der Waals surface area contributed by atoms with Crippen molar-refractivity contribution in [3.8, 4) is 23.7 Å². The van der Waals surface area contributed by atoms with Gasteiger partial charge in [-0.2, -0.15) is 0 Å². The van der Waals surface area contributed by atoms with E-state index < -0.39 is 6.10 Å². The van der Waals surface area contributed by atoms with Crippen LogP contribution in [0.1, 0.15) is 51.0 Å². The van der Waals surface area contributed by atoms with Gasteiger partial charge in [-0.1, -0.05) is 67.9 Å². The Morgan fingerprint density at radius 3 is 2.16 bits per heavy atom. The molecule has 0 saturated heterocycles. The van der Waals surface area contributed by atoms with Crippen LogP contribution in [0.25, 0.3) is 0 Å². The molecule has 0 aromatic heterocycles. The lowest BCUT2D eigenvalue weighted by Crippen LogP contribution is -2.36. The molecule has 168 valence electrons. The first-order valence-corrected chi connectivity index (χ1v) is 11.4. The van der Waals surface area contributed by atoms with Gasteiger partial charge in [0.05, 0.1) is 13.1 Å². The summed E-state index contributed by atoms with van der Waals surface area (Å²) in [4.78, 5) is 12.8. The molecule has 1 fully saturated rings. The molecule has 5 nitrogen and oxygen atoms in total. The van der Waals surface area contributed by atoms with Gasteiger partial charge in [0.1, 0.15) is 6.61 Å². The molecule has 1 aromatic rings. The molecular formula is C26H36N2O3. The molecule has 1 aliphatic carbocycles. The fraction of sp³-hybridized carbons (Fsp3) is 0.577. The van der Waals surface area contributed by atoms with E-state index in [9.17, 15) is 4.79 Å². The molecule has 1 aliphatic rings. The molecule has 0 heterocycles. The molecule has 0 bridgehead atoms. The first-order chi connectivity index (χ1) is 15.3. The van der Waals surface area contributed by atoms with Crippen LogP contribution in [-0.2, 0) is 14.3 Å². The van der Waals surface area contributed by atoms with Crippen molar-refractivity contribution in [2.45, 2.75) is 51.6 Å². The molecule has 2 rings (SSSR count). The summed E-state index contributed by atoms with van der Waals surface area (Å²) in [5.74, 6) is 12.2. The fourth-order valence-electron chi connectivity index (χ4n) is 3.80. The van der Waals surface area contributed by atoms with Crippen molar-refractivity contribution in [1.29, 1.82) is 0 Å². The van der Waals surface area contributed by atoms with E-state index in [4.69, 9.17) is 9.47 Å². The Bertz CT molecular complexity index is 750. The number of carbonyl (C=O) groups is 1. The summed E-state index contributed by atoms with van der Waals surface area (Å²) in [7, 11) is 0. The molecule has 0 unspecified atom stereocenters. The Kier molecular flexibility index (Phi) is 12.5. The smallest absolute Gasteiger partial charge is 0.336 e. The van der Waals surface area contributed by atoms with Gasteiger partial charge in [-0.05, 0) is 56.2 Å². The minimum Gasteiger partial charge on any atom is -0.451 e. The van der Waals surface area contributed by atoms with E-state index >= 15 is 0 Å². The van der Waals surface area contributed by atoms with Crippen molar-refractivity contribution in [2.24, 2.45) is 5.92 Å². The molecule has 31 heavy (non-hydrogen) atoms. The van der Waals surface area contributed by atoms with Crippen LogP contribution in [0.2, 0.25) is 0 Å². The Hall–Kier alpha value is -2.31. The maximum atomic E-state index is 12.8. The van der Waals surface area contributed by atoms with Crippen LogP contribution in [0.5, 0.6) is 0 Å². The second kappa shape index (κ2) is 15.5. The highest BCUT2D eigenvalue weighted by molar-refractivity contribution is 5.75. The van der Waals surface area contributed by atoms with E-state index in [0.29, 0.717) is 19.0 Å². The highest BCUT2D eigenvalue weighted by Crippen LogP contribution is 2.37. The molecular weight excluding hydrogens is 388 g/mol. The monoisotopic (exact) mass is 424 g/mol. The maximum absolute atomic E-state index is 12.8. The van der Waals surface area contributed by atoms with Gasteiger partial charge in [-0.15, -0.1) is 0 Å². The van der Waals surface area contributed by atoms with Gasteiger partial charge in [-0.3, -0.25) is 0 Å². The Labute approximate surface area is 187 Å². The largest absolute Gasteiger partial charge is 0.451 e. The first kappa shape index (κ1) is 25.0. The van der Waals surface area contributed by atoms with Crippen LogP contribution >= 0.6 is 0 Å². The average Bonchev–Trinajstić information content (AvgIpc) is 2.81. The number of ether oxygens (including phenoxy) is 2. The number of carbonyl (C=O) groups excluding carboxylic acids is 1. The van der Waals surface area contributed by atoms with Crippen molar-refractivity contribution in [1.82, 2.24) is 10.6 Å². The predicted octanol–water partition coefficient (Wildman–Crippen LogP) is 3.11. The number of nitrogens with one attached hydrogen (secondary N) is 2. The molecule has 5 heteroatoms. The van der Waals surface area contributed by atoms with E-state index in [2.05, 4.69) is 58.6 Å². The number of benzene rings is 1. The molecule has 1 saturated carbocycles. The van der Waals surface area contributed by atoms with Gasteiger partial charge in [0.25, 0.3) is 0 Å². The second-order valence-corrected chi connectivity index (χ2v) is 7.63. The van der Waals surface area contributed by atoms with E-state index in [0.717, 1.165) is 38.8 Å². The molecule has 0 aliphatic heterocycles. The van der Waals surface area contributed by atoms with Crippen LogP contribution in [0.4, 0.5) is 0 Å². The van der Waals surface area contributed by atoms with E-state index in [-0.39, 0.29) is 25.1 Å². The summed E-state index contributed by atoms with van der Waals surface area (Å²) in [5.41, 5.74) is 1.38. The number of rotatable bonds is 10. The highest BCUT2D eigenvalue weighted by atomic mass is 16.6. The third-order valence-corrected chi connectivity index (χ3v) is 5.50. The number of hydrogen-bond acceptors (Lipinski definition) is 5. The third-order valence-electron chi connectivity index (χ3n) is 5.50. The third kappa shape index (κ3) is 9.57. The summed E-state index contributed by atoms with van der Waals surface area (Å²) in [6, 6.07) is 10.6. The standard InChI is InChI=1S/C26H36N2O3/c1-3-27-18-8-10-20-30-25(26(29)31-21-11-9-19-28-4-2)24-16-14-23(15-17-24)22-12-6-5-7-13-22/h5-7,12-13,23-25,27-28H,3-4,14-21H2,1-2H3/t23?,24?,25-/m0/s1. The normalized spacial score (nSPS) is 18.8. The minimum absolute atomic E-state index is 0.0928. The van der Waals surface area contributed by atoms with Crippen molar-refractivity contribution < 1.29 is 14.3 Å². The van der Waals surface area contributed by atoms with Gasteiger partial charge in [-0.25, -0.2) is 4.79 Å².